The number of thiazole rings is 1. The highest BCUT2D eigenvalue weighted by molar-refractivity contribution is 7.15. The second-order valence-corrected chi connectivity index (χ2v) is 7.79. The minimum absolute atomic E-state index is 0. The molecule has 0 atom stereocenters. The van der Waals surface area contributed by atoms with Crippen LogP contribution in [0, 0.1) is 0 Å². The van der Waals surface area contributed by atoms with Crippen LogP contribution < -0.4 is 9.47 Å². The highest BCUT2D eigenvalue weighted by Gasteiger charge is 2.27. The Kier molecular flexibility index (Phi) is 5.68. The normalized spacial score (nSPS) is 11.3. The molecule has 0 spiro atoms. The molecule has 0 amide bonds. The summed E-state index contributed by atoms with van der Waals surface area (Å²) in [7, 11) is 3.36. The molecule has 0 radical (unpaired) electrons. The van der Waals surface area contributed by atoms with Crippen LogP contribution in [-0.2, 0) is 5.41 Å². The Morgan fingerprint density at radius 1 is 1.00 bits per heavy atom. The van der Waals surface area contributed by atoms with Crippen LogP contribution in [0.5, 0.6) is 11.5 Å². The van der Waals surface area contributed by atoms with Gasteiger partial charge in [0.1, 0.15) is 11.5 Å². The standard InChI is InChI=1S/C22H22N2O2S.ClH/c1-22(2,15-8-6-5-7-9-15)20-13-24-18(14-27-21(24)23-20)17-12-16(25-3)10-11-19(17)26-4;/h5-14H,1-4H3;1H. The molecule has 0 bridgehead atoms. The van der Waals surface area contributed by atoms with Gasteiger partial charge in [-0.15, -0.1) is 23.7 Å². The van der Waals surface area contributed by atoms with Crippen LogP contribution >= 0.6 is 23.7 Å². The zero-order valence-corrected chi connectivity index (χ0v) is 17.9. The maximum Gasteiger partial charge on any atom is 0.194 e. The van der Waals surface area contributed by atoms with Crippen LogP contribution in [0.4, 0.5) is 0 Å². The lowest BCUT2D eigenvalue weighted by Gasteiger charge is -2.22. The van der Waals surface area contributed by atoms with Crippen LogP contribution in [-0.4, -0.2) is 23.6 Å². The Labute approximate surface area is 175 Å². The Bertz CT molecular complexity index is 1090. The summed E-state index contributed by atoms with van der Waals surface area (Å²) in [4.78, 5) is 5.88. The molecule has 0 N–H and O–H groups in total. The molecule has 0 aliphatic rings. The number of methoxy groups -OCH3 is 2. The van der Waals surface area contributed by atoms with Crippen LogP contribution in [0.15, 0.2) is 60.1 Å². The van der Waals surface area contributed by atoms with Crippen molar-refractivity contribution in [3.8, 4) is 22.8 Å². The molecule has 0 saturated heterocycles. The number of halogens is 1. The predicted octanol–water partition coefficient (Wildman–Crippen LogP) is 5.83. The van der Waals surface area contributed by atoms with Crippen molar-refractivity contribution >= 4 is 28.7 Å². The first-order chi connectivity index (χ1) is 13.0. The van der Waals surface area contributed by atoms with Gasteiger partial charge in [0.2, 0.25) is 0 Å². The van der Waals surface area contributed by atoms with E-state index in [4.69, 9.17) is 14.5 Å². The maximum atomic E-state index is 5.58. The van der Waals surface area contributed by atoms with Gasteiger partial charge in [-0.2, -0.15) is 0 Å². The minimum atomic E-state index is -0.178. The van der Waals surface area contributed by atoms with Gasteiger partial charge in [0, 0.05) is 22.6 Å². The van der Waals surface area contributed by atoms with Gasteiger partial charge in [-0.25, -0.2) is 4.98 Å². The number of hydrogen-bond donors (Lipinski definition) is 0. The summed E-state index contributed by atoms with van der Waals surface area (Å²) >= 11 is 1.63. The maximum absolute atomic E-state index is 5.58. The molecule has 6 heteroatoms. The summed E-state index contributed by atoms with van der Waals surface area (Å²) in [5, 5.41) is 2.11. The molecular formula is C22H23ClN2O2S. The zero-order valence-electron chi connectivity index (χ0n) is 16.3. The van der Waals surface area contributed by atoms with Gasteiger partial charge in [0.05, 0.1) is 25.6 Å². The SMILES string of the molecule is COc1ccc(OC)c(-c2csc3nc(C(C)(C)c4ccccc4)cn23)c1.Cl. The summed E-state index contributed by atoms with van der Waals surface area (Å²) in [6.07, 6.45) is 2.13. The topological polar surface area (TPSA) is 35.8 Å². The fourth-order valence-corrected chi connectivity index (χ4v) is 4.17. The molecule has 2 aromatic heterocycles. The summed E-state index contributed by atoms with van der Waals surface area (Å²) < 4.78 is 13.1. The second kappa shape index (κ2) is 7.86. The lowest BCUT2D eigenvalue weighted by atomic mass is 9.82. The van der Waals surface area contributed by atoms with E-state index in [-0.39, 0.29) is 17.8 Å². The van der Waals surface area contributed by atoms with Gasteiger partial charge in [0.25, 0.3) is 0 Å². The van der Waals surface area contributed by atoms with Crippen molar-refractivity contribution in [3.63, 3.8) is 0 Å². The van der Waals surface area contributed by atoms with Gasteiger partial charge in [0.15, 0.2) is 4.96 Å². The molecule has 0 unspecified atom stereocenters. The molecule has 2 heterocycles. The number of ether oxygens (including phenoxy) is 2. The third kappa shape index (κ3) is 3.36. The molecular weight excluding hydrogens is 392 g/mol. The van der Waals surface area contributed by atoms with E-state index in [1.54, 1.807) is 25.6 Å². The van der Waals surface area contributed by atoms with Crippen molar-refractivity contribution in [1.82, 2.24) is 9.38 Å². The molecule has 28 heavy (non-hydrogen) atoms. The van der Waals surface area contributed by atoms with Gasteiger partial charge >= 0.3 is 0 Å². The number of benzene rings is 2. The van der Waals surface area contributed by atoms with Crippen LogP contribution in [0.25, 0.3) is 16.2 Å². The average molecular weight is 415 g/mol. The van der Waals surface area contributed by atoms with Crippen LogP contribution in [0.2, 0.25) is 0 Å². The Morgan fingerprint density at radius 3 is 2.43 bits per heavy atom. The third-order valence-electron chi connectivity index (χ3n) is 5.03. The molecule has 2 aromatic carbocycles. The first kappa shape index (κ1) is 20.2. The first-order valence-electron chi connectivity index (χ1n) is 8.79. The van der Waals surface area contributed by atoms with Crippen LogP contribution in [0.3, 0.4) is 0 Å². The van der Waals surface area contributed by atoms with E-state index < -0.39 is 0 Å². The molecule has 0 aliphatic heterocycles. The fourth-order valence-electron chi connectivity index (χ4n) is 3.30. The molecule has 4 rings (SSSR count). The summed E-state index contributed by atoms with van der Waals surface area (Å²) in [5.74, 6) is 1.61. The lowest BCUT2D eigenvalue weighted by molar-refractivity contribution is 0.404. The van der Waals surface area contributed by atoms with E-state index >= 15 is 0 Å². The van der Waals surface area contributed by atoms with E-state index in [2.05, 4.69) is 54.1 Å². The summed E-state index contributed by atoms with van der Waals surface area (Å²) in [5.41, 5.74) is 4.15. The average Bonchev–Trinajstić information content (AvgIpc) is 3.29. The van der Waals surface area contributed by atoms with Crippen molar-refractivity contribution in [2.24, 2.45) is 0 Å². The van der Waals surface area contributed by atoms with Crippen molar-refractivity contribution in [2.45, 2.75) is 19.3 Å². The molecule has 0 aliphatic carbocycles. The third-order valence-corrected chi connectivity index (χ3v) is 5.87. The second-order valence-electron chi connectivity index (χ2n) is 6.96. The highest BCUT2D eigenvalue weighted by atomic mass is 35.5. The van der Waals surface area contributed by atoms with Crippen molar-refractivity contribution in [3.05, 3.63) is 71.4 Å². The smallest absolute Gasteiger partial charge is 0.194 e. The van der Waals surface area contributed by atoms with E-state index in [1.165, 1.54) is 5.56 Å². The number of imidazole rings is 1. The van der Waals surface area contributed by atoms with E-state index in [0.29, 0.717) is 0 Å². The van der Waals surface area contributed by atoms with Crippen LogP contribution in [0.1, 0.15) is 25.1 Å². The molecule has 0 fully saturated rings. The van der Waals surface area contributed by atoms with Gasteiger partial charge in [-0.3, -0.25) is 4.40 Å². The molecule has 146 valence electrons. The molecule has 4 nitrogen and oxygen atoms in total. The number of nitrogens with zero attached hydrogens (tertiary/aromatic N) is 2. The monoisotopic (exact) mass is 414 g/mol. The van der Waals surface area contributed by atoms with Gasteiger partial charge < -0.3 is 9.47 Å². The molecule has 4 aromatic rings. The van der Waals surface area contributed by atoms with Crippen molar-refractivity contribution in [1.29, 1.82) is 0 Å². The number of fused-ring (bicyclic) bond motifs is 1. The summed E-state index contributed by atoms with van der Waals surface area (Å²) in [6.45, 7) is 4.42. The fraction of sp³-hybridized carbons (Fsp3) is 0.227. The lowest BCUT2D eigenvalue weighted by Crippen LogP contribution is -2.19. The highest BCUT2D eigenvalue weighted by Crippen LogP contribution is 2.38. The van der Waals surface area contributed by atoms with Crippen molar-refractivity contribution in [2.75, 3.05) is 14.2 Å². The number of aromatic nitrogens is 2. The Balaban J connectivity index is 0.00000225. The van der Waals surface area contributed by atoms with Crippen molar-refractivity contribution < 1.29 is 9.47 Å². The summed E-state index contributed by atoms with van der Waals surface area (Å²) in [6, 6.07) is 16.3. The first-order valence-corrected chi connectivity index (χ1v) is 9.67. The zero-order chi connectivity index (χ0) is 19.0. The predicted molar refractivity (Wildman–Crippen MR) is 117 cm³/mol. The Morgan fingerprint density at radius 2 is 1.75 bits per heavy atom. The van der Waals surface area contributed by atoms with Gasteiger partial charge in [-0.05, 0) is 23.8 Å². The minimum Gasteiger partial charge on any atom is -0.497 e. The van der Waals surface area contributed by atoms with E-state index in [0.717, 1.165) is 33.4 Å². The van der Waals surface area contributed by atoms with E-state index in [1.807, 2.05) is 24.3 Å². The largest absolute Gasteiger partial charge is 0.497 e. The molecule has 0 saturated carbocycles. The quantitative estimate of drug-likeness (QED) is 0.412. The number of hydrogen-bond acceptors (Lipinski definition) is 4. The number of rotatable bonds is 5. The van der Waals surface area contributed by atoms with Gasteiger partial charge in [-0.1, -0.05) is 44.2 Å². The Hall–Kier alpha value is -2.50. The van der Waals surface area contributed by atoms with E-state index in [9.17, 15) is 0 Å².